The maximum atomic E-state index is 5.99. The molecule has 0 amide bonds. The van der Waals surface area contributed by atoms with Crippen molar-refractivity contribution < 1.29 is 4.52 Å². The van der Waals surface area contributed by atoms with Crippen molar-refractivity contribution >= 4 is 23.4 Å². The number of hydrogen-bond acceptors (Lipinski definition) is 5. The fourth-order valence-electron chi connectivity index (χ4n) is 2.76. The second-order valence-electron chi connectivity index (χ2n) is 6.05. The maximum absolute atomic E-state index is 5.99. The number of thioether (sulfide) groups is 1. The molecule has 0 aliphatic heterocycles. The van der Waals surface area contributed by atoms with Gasteiger partial charge in [0.2, 0.25) is 0 Å². The molecular formula is C21H17ClN4OS. The zero-order chi connectivity index (χ0) is 19.3. The summed E-state index contributed by atoms with van der Waals surface area (Å²) in [6.07, 6.45) is 1.83. The van der Waals surface area contributed by atoms with Crippen LogP contribution in [-0.4, -0.2) is 19.9 Å². The summed E-state index contributed by atoms with van der Waals surface area (Å²) in [5.41, 5.74) is 2.81. The Hall–Kier alpha value is -2.83. The van der Waals surface area contributed by atoms with Gasteiger partial charge in [0.05, 0.1) is 5.69 Å². The van der Waals surface area contributed by atoms with Crippen LogP contribution in [0.25, 0.3) is 22.7 Å². The Morgan fingerprint density at radius 2 is 1.82 bits per heavy atom. The summed E-state index contributed by atoms with van der Waals surface area (Å²) < 4.78 is 7.49. The van der Waals surface area contributed by atoms with E-state index in [1.807, 2.05) is 71.3 Å². The van der Waals surface area contributed by atoms with Crippen molar-refractivity contribution in [1.82, 2.24) is 19.9 Å². The number of nitrogens with zero attached hydrogens (tertiary/aromatic N) is 4. The largest absolute Gasteiger partial charge is 0.356 e. The molecule has 28 heavy (non-hydrogen) atoms. The second kappa shape index (κ2) is 8.46. The van der Waals surface area contributed by atoms with E-state index in [4.69, 9.17) is 16.1 Å². The van der Waals surface area contributed by atoms with E-state index in [9.17, 15) is 0 Å². The third kappa shape index (κ3) is 4.03. The first-order valence-corrected chi connectivity index (χ1v) is 10.0. The van der Waals surface area contributed by atoms with Crippen LogP contribution in [0.3, 0.4) is 0 Å². The Morgan fingerprint density at radius 3 is 2.57 bits per heavy atom. The van der Waals surface area contributed by atoms with Gasteiger partial charge in [-0.2, -0.15) is 0 Å². The van der Waals surface area contributed by atoms with Gasteiger partial charge in [0.15, 0.2) is 16.7 Å². The molecule has 5 nitrogen and oxygen atoms in total. The first-order chi connectivity index (χ1) is 13.7. The fraction of sp³-hybridized carbons (Fsp3) is 0.0952. The van der Waals surface area contributed by atoms with Crippen LogP contribution in [0.1, 0.15) is 5.69 Å². The van der Waals surface area contributed by atoms with Gasteiger partial charge in [-0.25, -0.2) is 0 Å². The molecular weight excluding hydrogens is 392 g/mol. The van der Waals surface area contributed by atoms with Gasteiger partial charge in [-0.15, -0.1) is 16.8 Å². The average molecular weight is 409 g/mol. The third-order valence-electron chi connectivity index (χ3n) is 4.10. The Kier molecular flexibility index (Phi) is 5.60. The van der Waals surface area contributed by atoms with Gasteiger partial charge in [0.1, 0.15) is 0 Å². The molecule has 4 aromatic rings. The van der Waals surface area contributed by atoms with Crippen LogP contribution >= 0.6 is 23.4 Å². The van der Waals surface area contributed by atoms with Crippen molar-refractivity contribution in [3.8, 4) is 22.7 Å². The molecule has 2 heterocycles. The van der Waals surface area contributed by atoms with Gasteiger partial charge >= 0.3 is 0 Å². The molecule has 2 aromatic heterocycles. The lowest BCUT2D eigenvalue weighted by Gasteiger charge is -2.07. The molecule has 0 aliphatic rings. The van der Waals surface area contributed by atoms with Crippen LogP contribution < -0.4 is 0 Å². The molecule has 0 spiro atoms. The van der Waals surface area contributed by atoms with Gasteiger partial charge in [-0.05, 0) is 24.3 Å². The topological polar surface area (TPSA) is 56.7 Å². The SMILES string of the molecule is C=CCn1c(SCc2cc(-c3ccccc3)on2)nnc1-c1ccc(Cl)cc1. The lowest BCUT2D eigenvalue weighted by Crippen LogP contribution is -2.00. The highest BCUT2D eigenvalue weighted by atomic mass is 35.5. The normalized spacial score (nSPS) is 10.9. The Balaban J connectivity index is 1.53. The molecule has 2 aromatic carbocycles. The fourth-order valence-corrected chi connectivity index (χ4v) is 3.71. The number of allylic oxidation sites excluding steroid dienone is 1. The molecule has 0 aliphatic carbocycles. The average Bonchev–Trinajstić information content (AvgIpc) is 3.35. The lowest BCUT2D eigenvalue weighted by atomic mass is 10.2. The molecule has 0 saturated carbocycles. The third-order valence-corrected chi connectivity index (χ3v) is 5.35. The molecule has 7 heteroatoms. The standard InChI is InChI=1S/C21H17ClN4OS/c1-2-12-26-20(16-8-10-17(22)11-9-16)23-24-21(26)28-14-18-13-19(27-25-18)15-6-4-3-5-7-15/h2-11,13H,1,12,14H2. The maximum Gasteiger partial charge on any atom is 0.192 e. The van der Waals surface area contributed by atoms with Crippen LogP contribution in [0.2, 0.25) is 5.02 Å². The number of aromatic nitrogens is 4. The highest BCUT2D eigenvalue weighted by Gasteiger charge is 2.15. The summed E-state index contributed by atoms with van der Waals surface area (Å²) in [5, 5.41) is 14.4. The molecule has 140 valence electrons. The molecule has 0 atom stereocenters. The van der Waals surface area contributed by atoms with Gasteiger partial charge in [0.25, 0.3) is 0 Å². The van der Waals surface area contributed by atoms with Crippen LogP contribution in [-0.2, 0) is 12.3 Å². The van der Waals surface area contributed by atoms with E-state index in [2.05, 4.69) is 21.9 Å². The summed E-state index contributed by atoms with van der Waals surface area (Å²) in [7, 11) is 0. The van der Waals surface area contributed by atoms with Gasteiger partial charge in [0, 0.05) is 34.5 Å². The van der Waals surface area contributed by atoms with Gasteiger partial charge < -0.3 is 4.52 Å². The highest BCUT2D eigenvalue weighted by Crippen LogP contribution is 2.28. The van der Waals surface area contributed by atoms with E-state index in [0.717, 1.165) is 33.6 Å². The van der Waals surface area contributed by atoms with Gasteiger partial charge in [-0.1, -0.05) is 64.9 Å². The molecule has 0 bridgehead atoms. The predicted octanol–water partition coefficient (Wildman–Crippen LogP) is 5.73. The molecule has 0 saturated heterocycles. The Labute approximate surface area is 172 Å². The summed E-state index contributed by atoms with van der Waals surface area (Å²) in [6, 6.07) is 19.4. The number of halogens is 1. The number of hydrogen-bond donors (Lipinski definition) is 0. The molecule has 4 rings (SSSR count). The molecule has 0 radical (unpaired) electrons. The lowest BCUT2D eigenvalue weighted by molar-refractivity contribution is 0.426. The zero-order valence-electron chi connectivity index (χ0n) is 15.0. The first-order valence-electron chi connectivity index (χ1n) is 8.68. The van der Waals surface area contributed by atoms with E-state index in [1.54, 1.807) is 11.8 Å². The van der Waals surface area contributed by atoms with Crippen LogP contribution in [0.4, 0.5) is 0 Å². The predicted molar refractivity (Wildman–Crippen MR) is 112 cm³/mol. The van der Waals surface area contributed by atoms with Crippen molar-refractivity contribution in [2.24, 2.45) is 0 Å². The first kappa shape index (κ1) is 18.5. The smallest absolute Gasteiger partial charge is 0.192 e. The van der Waals surface area contributed by atoms with E-state index >= 15 is 0 Å². The van der Waals surface area contributed by atoms with Gasteiger partial charge in [-0.3, -0.25) is 4.57 Å². The van der Waals surface area contributed by atoms with Crippen molar-refractivity contribution in [2.45, 2.75) is 17.5 Å². The second-order valence-corrected chi connectivity index (χ2v) is 7.43. The number of benzene rings is 2. The van der Waals surface area contributed by atoms with E-state index in [0.29, 0.717) is 17.3 Å². The zero-order valence-corrected chi connectivity index (χ0v) is 16.5. The summed E-state index contributed by atoms with van der Waals surface area (Å²) in [4.78, 5) is 0. The summed E-state index contributed by atoms with van der Waals surface area (Å²) >= 11 is 7.55. The van der Waals surface area contributed by atoms with Crippen LogP contribution in [0, 0.1) is 0 Å². The highest BCUT2D eigenvalue weighted by molar-refractivity contribution is 7.98. The minimum Gasteiger partial charge on any atom is -0.356 e. The minimum atomic E-state index is 0.612. The van der Waals surface area contributed by atoms with E-state index in [1.165, 1.54) is 0 Å². The number of rotatable bonds is 7. The van der Waals surface area contributed by atoms with Crippen LogP contribution in [0.5, 0.6) is 0 Å². The summed E-state index contributed by atoms with van der Waals surface area (Å²) in [5.74, 6) is 2.17. The van der Waals surface area contributed by atoms with E-state index in [-0.39, 0.29) is 0 Å². The van der Waals surface area contributed by atoms with Crippen molar-refractivity contribution in [1.29, 1.82) is 0 Å². The summed E-state index contributed by atoms with van der Waals surface area (Å²) in [6.45, 7) is 4.46. The van der Waals surface area contributed by atoms with Crippen molar-refractivity contribution in [3.63, 3.8) is 0 Å². The monoisotopic (exact) mass is 408 g/mol. The van der Waals surface area contributed by atoms with Crippen molar-refractivity contribution in [2.75, 3.05) is 0 Å². The van der Waals surface area contributed by atoms with E-state index < -0.39 is 0 Å². The van der Waals surface area contributed by atoms with Crippen LogP contribution in [0.15, 0.2) is 83.0 Å². The van der Waals surface area contributed by atoms with Crippen molar-refractivity contribution in [3.05, 3.63) is 84.0 Å². The molecule has 0 fully saturated rings. The molecule has 0 N–H and O–H groups in total. The quantitative estimate of drug-likeness (QED) is 0.288. The minimum absolute atomic E-state index is 0.612. The Morgan fingerprint density at radius 1 is 1.04 bits per heavy atom. The molecule has 0 unspecified atom stereocenters. The Bertz CT molecular complexity index is 1070.